The number of hydrogen-bond donors (Lipinski definition) is 0. The monoisotopic (exact) mass is 302 g/mol. The number of fused-ring (bicyclic) bond motifs is 1. The minimum Gasteiger partial charge on any atom is -0.450 e. The van der Waals surface area contributed by atoms with Crippen molar-refractivity contribution in [3.8, 4) is 5.82 Å². The van der Waals surface area contributed by atoms with Crippen molar-refractivity contribution in [1.29, 1.82) is 0 Å². The first-order chi connectivity index (χ1) is 10.4. The molecule has 0 unspecified atom stereocenters. The lowest BCUT2D eigenvalue weighted by atomic mass is 10.1. The van der Waals surface area contributed by atoms with E-state index in [9.17, 15) is 4.79 Å². The van der Waals surface area contributed by atoms with E-state index < -0.39 is 0 Å². The molecule has 6 heteroatoms. The SMILES string of the molecule is CCOC(=O)N1Cc2nn(C(C)(C)C)c(-n3cccc3)c2C1. The summed E-state index contributed by atoms with van der Waals surface area (Å²) in [6.45, 7) is 9.64. The van der Waals surface area contributed by atoms with Gasteiger partial charge >= 0.3 is 6.09 Å². The maximum Gasteiger partial charge on any atom is 0.410 e. The number of hydrogen-bond acceptors (Lipinski definition) is 3. The van der Waals surface area contributed by atoms with Crippen molar-refractivity contribution in [2.24, 2.45) is 0 Å². The molecule has 118 valence electrons. The van der Waals surface area contributed by atoms with Crippen LogP contribution in [-0.2, 0) is 23.4 Å². The molecule has 1 aliphatic rings. The molecule has 6 nitrogen and oxygen atoms in total. The van der Waals surface area contributed by atoms with Crippen LogP contribution < -0.4 is 0 Å². The Bertz CT molecular complexity index is 680. The second-order valence-corrected chi connectivity index (χ2v) is 6.48. The molecular weight excluding hydrogens is 280 g/mol. The van der Waals surface area contributed by atoms with Crippen molar-refractivity contribution in [3.05, 3.63) is 35.8 Å². The Labute approximate surface area is 130 Å². The molecule has 3 rings (SSSR count). The fourth-order valence-corrected chi connectivity index (χ4v) is 2.75. The summed E-state index contributed by atoms with van der Waals surface area (Å²) in [4.78, 5) is 13.6. The molecule has 1 amide bonds. The first-order valence-corrected chi connectivity index (χ1v) is 7.58. The van der Waals surface area contributed by atoms with Crippen molar-refractivity contribution in [2.45, 2.75) is 46.3 Å². The van der Waals surface area contributed by atoms with Crippen LogP contribution in [0.15, 0.2) is 24.5 Å². The molecule has 0 N–H and O–H groups in total. The fourth-order valence-electron chi connectivity index (χ4n) is 2.75. The van der Waals surface area contributed by atoms with E-state index in [1.54, 1.807) is 4.90 Å². The molecule has 3 heterocycles. The Morgan fingerprint density at radius 3 is 2.55 bits per heavy atom. The highest BCUT2D eigenvalue weighted by Crippen LogP contribution is 2.32. The molecule has 0 saturated carbocycles. The highest BCUT2D eigenvalue weighted by molar-refractivity contribution is 5.69. The third kappa shape index (κ3) is 2.38. The second kappa shape index (κ2) is 5.19. The Hall–Kier alpha value is -2.24. The van der Waals surface area contributed by atoms with E-state index in [1.807, 2.05) is 36.1 Å². The van der Waals surface area contributed by atoms with Crippen LogP contribution in [0.5, 0.6) is 0 Å². The van der Waals surface area contributed by atoms with E-state index in [0.29, 0.717) is 19.7 Å². The van der Waals surface area contributed by atoms with Crippen LogP contribution >= 0.6 is 0 Å². The van der Waals surface area contributed by atoms with Gasteiger partial charge in [0, 0.05) is 18.0 Å². The van der Waals surface area contributed by atoms with Crippen molar-refractivity contribution >= 4 is 6.09 Å². The summed E-state index contributed by atoms with van der Waals surface area (Å²) in [5.41, 5.74) is 1.92. The van der Waals surface area contributed by atoms with Gasteiger partial charge in [-0.2, -0.15) is 5.10 Å². The van der Waals surface area contributed by atoms with Crippen molar-refractivity contribution in [3.63, 3.8) is 0 Å². The summed E-state index contributed by atoms with van der Waals surface area (Å²) >= 11 is 0. The van der Waals surface area contributed by atoms with Gasteiger partial charge in [-0.25, -0.2) is 9.48 Å². The molecule has 0 aliphatic carbocycles. The zero-order valence-corrected chi connectivity index (χ0v) is 13.5. The van der Waals surface area contributed by atoms with Gasteiger partial charge in [0.05, 0.1) is 30.9 Å². The van der Waals surface area contributed by atoms with Crippen LogP contribution in [-0.4, -0.2) is 31.9 Å². The molecule has 0 saturated heterocycles. The largest absolute Gasteiger partial charge is 0.450 e. The first kappa shape index (κ1) is 14.7. The van der Waals surface area contributed by atoms with Crippen LogP contribution in [0.25, 0.3) is 5.82 Å². The van der Waals surface area contributed by atoms with E-state index >= 15 is 0 Å². The Morgan fingerprint density at radius 1 is 1.27 bits per heavy atom. The Morgan fingerprint density at radius 2 is 1.95 bits per heavy atom. The number of ether oxygens (including phenoxy) is 1. The molecular formula is C16H22N4O2. The second-order valence-electron chi connectivity index (χ2n) is 6.48. The summed E-state index contributed by atoms with van der Waals surface area (Å²) in [6.07, 6.45) is 3.74. The van der Waals surface area contributed by atoms with Gasteiger partial charge in [-0.15, -0.1) is 0 Å². The first-order valence-electron chi connectivity index (χ1n) is 7.58. The molecule has 0 aromatic carbocycles. The van der Waals surface area contributed by atoms with Gasteiger partial charge in [0.15, 0.2) is 0 Å². The minimum atomic E-state index is -0.277. The van der Waals surface area contributed by atoms with E-state index in [-0.39, 0.29) is 11.6 Å². The zero-order valence-electron chi connectivity index (χ0n) is 13.5. The van der Waals surface area contributed by atoms with Crippen molar-refractivity contribution in [2.75, 3.05) is 6.61 Å². The summed E-state index contributed by atoms with van der Waals surface area (Å²) in [6, 6.07) is 3.98. The van der Waals surface area contributed by atoms with Crippen LogP contribution in [0, 0.1) is 0 Å². The van der Waals surface area contributed by atoms with Gasteiger partial charge in [0.2, 0.25) is 0 Å². The Kier molecular flexibility index (Phi) is 3.47. The highest BCUT2D eigenvalue weighted by Gasteiger charge is 2.34. The zero-order chi connectivity index (χ0) is 15.9. The number of amides is 1. The number of rotatable bonds is 2. The Balaban J connectivity index is 2.01. The van der Waals surface area contributed by atoms with Crippen LogP contribution in [0.4, 0.5) is 4.79 Å². The summed E-state index contributed by atoms with van der Waals surface area (Å²) in [7, 11) is 0. The number of carbonyl (C=O) groups is 1. The normalized spacial score (nSPS) is 14.3. The van der Waals surface area contributed by atoms with E-state index in [1.165, 1.54) is 0 Å². The lowest BCUT2D eigenvalue weighted by Gasteiger charge is -2.24. The lowest BCUT2D eigenvalue weighted by Crippen LogP contribution is -2.30. The third-order valence-electron chi connectivity index (χ3n) is 3.74. The third-order valence-corrected chi connectivity index (χ3v) is 3.74. The van der Waals surface area contributed by atoms with Crippen LogP contribution in [0.3, 0.4) is 0 Å². The number of aromatic nitrogens is 3. The molecule has 0 spiro atoms. The van der Waals surface area contributed by atoms with Crippen molar-refractivity contribution in [1.82, 2.24) is 19.2 Å². The molecule has 0 atom stereocenters. The van der Waals surface area contributed by atoms with E-state index in [4.69, 9.17) is 9.84 Å². The topological polar surface area (TPSA) is 52.3 Å². The van der Waals surface area contributed by atoms with Crippen molar-refractivity contribution < 1.29 is 9.53 Å². The molecule has 0 bridgehead atoms. The number of nitrogens with zero attached hydrogens (tertiary/aromatic N) is 4. The standard InChI is InChI=1S/C16H22N4O2/c1-5-22-15(21)19-10-12-13(11-19)17-20(16(2,3)4)14(12)18-8-6-7-9-18/h6-9H,5,10-11H2,1-4H3. The molecule has 2 aromatic rings. The van der Waals surface area contributed by atoms with E-state index in [2.05, 4.69) is 25.3 Å². The van der Waals surface area contributed by atoms with E-state index in [0.717, 1.165) is 17.1 Å². The predicted molar refractivity (Wildman–Crippen MR) is 82.8 cm³/mol. The summed E-state index contributed by atoms with van der Waals surface area (Å²) in [5, 5.41) is 4.76. The lowest BCUT2D eigenvalue weighted by molar-refractivity contribution is 0.106. The van der Waals surface area contributed by atoms with Gasteiger partial charge in [-0.1, -0.05) is 0 Å². The number of carbonyl (C=O) groups excluding carboxylic acids is 1. The molecule has 0 radical (unpaired) electrons. The minimum absolute atomic E-state index is 0.126. The van der Waals surface area contributed by atoms with Gasteiger partial charge in [0.25, 0.3) is 0 Å². The van der Waals surface area contributed by atoms with Gasteiger partial charge in [-0.3, -0.25) is 4.90 Å². The molecule has 0 fully saturated rings. The quantitative estimate of drug-likeness (QED) is 0.857. The van der Waals surface area contributed by atoms with Gasteiger partial charge < -0.3 is 9.30 Å². The van der Waals surface area contributed by atoms with Gasteiger partial charge in [-0.05, 0) is 39.8 Å². The summed E-state index contributed by atoms with van der Waals surface area (Å²) < 4.78 is 9.20. The van der Waals surface area contributed by atoms with Crippen LogP contribution in [0.2, 0.25) is 0 Å². The average molecular weight is 302 g/mol. The highest BCUT2D eigenvalue weighted by atomic mass is 16.6. The molecule has 22 heavy (non-hydrogen) atoms. The van der Waals surface area contributed by atoms with Crippen LogP contribution in [0.1, 0.15) is 39.0 Å². The van der Waals surface area contributed by atoms with Gasteiger partial charge in [0.1, 0.15) is 5.82 Å². The smallest absolute Gasteiger partial charge is 0.410 e. The predicted octanol–water partition coefficient (Wildman–Crippen LogP) is 2.90. The summed E-state index contributed by atoms with van der Waals surface area (Å²) in [5.74, 6) is 1.03. The molecule has 2 aromatic heterocycles. The fraction of sp³-hybridized carbons (Fsp3) is 0.500. The maximum absolute atomic E-state index is 12.0. The average Bonchev–Trinajstić information content (AvgIpc) is 3.12. The maximum atomic E-state index is 12.0. The molecule has 1 aliphatic heterocycles.